The quantitative estimate of drug-likeness (QED) is 0.566. The standard InChI is InChI=1S/C23H31N5O2/c1-4-25-23(26-17-18-6-5-7-19(16-18)22(29)24-2)28-14-12-27(13-15-28)20-8-10-21(30-3)11-9-20/h5-11,16H,4,12-15,17H2,1-3H3,(H,24,29)(H,25,26). The van der Waals surface area contributed by atoms with Gasteiger partial charge in [0.1, 0.15) is 5.75 Å². The molecule has 0 saturated carbocycles. The third-order valence-corrected chi connectivity index (χ3v) is 5.18. The number of ether oxygens (including phenoxy) is 1. The number of benzene rings is 2. The first-order valence-corrected chi connectivity index (χ1v) is 10.4. The van der Waals surface area contributed by atoms with Crippen molar-refractivity contribution in [2.24, 2.45) is 4.99 Å². The predicted molar refractivity (Wildman–Crippen MR) is 121 cm³/mol. The molecule has 1 amide bonds. The van der Waals surface area contributed by atoms with Gasteiger partial charge in [0.2, 0.25) is 0 Å². The lowest BCUT2D eigenvalue weighted by molar-refractivity contribution is 0.0963. The maximum absolute atomic E-state index is 11.9. The minimum Gasteiger partial charge on any atom is -0.497 e. The molecule has 1 aliphatic rings. The molecule has 0 aliphatic carbocycles. The highest BCUT2D eigenvalue weighted by molar-refractivity contribution is 5.94. The van der Waals surface area contributed by atoms with Gasteiger partial charge in [-0.25, -0.2) is 4.99 Å². The van der Waals surface area contributed by atoms with Crippen LogP contribution in [0, 0.1) is 0 Å². The minimum atomic E-state index is -0.0811. The Bertz CT molecular complexity index is 858. The number of carbonyl (C=O) groups excluding carboxylic acids is 1. The van der Waals surface area contributed by atoms with Crippen LogP contribution in [0.5, 0.6) is 5.75 Å². The molecule has 1 heterocycles. The van der Waals surface area contributed by atoms with Gasteiger partial charge in [0.25, 0.3) is 5.91 Å². The summed E-state index contributed by atoms with van der Waals surface area (Å²) in [5, 5.41) is 6.06. The average Bonchev–Trinajstić information content (AvgIpc) is 2.81. The highest BCUT2D eigenvalue weighted by Gasteiger charge is 2.20. The third-order valence-electron chi connectivity index (χ3n) is 5.18. The van der Waals surface area contributed by atoms with Gasteiger partial charge in [-0.15, -0.1) is 0 Å². The fourth-order valence-corrected chi connectivity index (χ4v) is 3.52. The maximum Gasteiger partial charge on any atom is 0.251 e. The van der Waals surface area contributed by atoms with Gasteiger partial charge in [-0.1, -0.05) is 12.1 Å². The van der Waals surface area contributed by atoms with Gasteiger partial charge < -0.3 is 25.2 Å². The van der Waals surface area contributed by atoms with E-state index in [1.54, 1.807) is 14.2 Å². The van der Waals surface area contributed by atoms with Crippen molar-refractivity contribution in [3.8, 4) is 5.75 Å². The van der Waals surface area contributed by atoms with Crippen molar-refractivity contribution in [3.63, 3.8) is 0 Å². The van der Waals surface area contributed by atoms with E-state index in [1.165, 1.54) is 5.69 Å². The summed E-state index contributed by atoms with van der Waals surface area (Å²) in [4.78, 5) is 21.4. The van der Waals surface area contributed by atoms with Crippen LogP contribution in [0.1, 0.15) is 22.8 Å². The summed E-state index contributed by atoms with van der Waals surface area (Å²) in [6.07, 6.45) is 0. The molecule has 1 saturated heterocycles. The summed E-state index contributed by atoms with van der Waals surface area (Å²) >= 11 is 0. The number of piperazine rings is 1. The van der Waals surface area contributed by atoms with Gasteiger partial charge in [-0.2, -0.15) is 0 Å². The van der Waals surface area contributed by atoms with E-state index in [4.69, 9.17) is 9.73 Å². The second kappa shape index (κ2) is 10.5. The lowest BCUT2D eigenvalue weighted by atomic mass is 10.1. The Morgan fingerprint density at radius 3 is 2.47 bits per heavy atom. The molecular formula is C23H31N5O2. The van der Waals surface area contributed by atoms with Crippen molar-refractivity contribution in [1.82, 2.24) is 15.5 Å². The van der Waals surface area contributed by atoms with Gasteiger partial charge in [-0.05, 0) is 48.9 Å². The molecule has 7 nitrogen and oxygen atoms in total. The van der Waals surface area contributed by atoms with E-state index in [-0.39, 0.29) is 5.91 Å². The number of amides is 1. The second-order valence-corrected chi connectivity index (χ2v) is 7.12. The largest absolute Gasteiger partial charge is 0.497 e. The first-order valence-electron chi connectivity index (χ1n) is 10.4. The highest BCUT2D eigenvalue weighted by atomic mass is 16.5. The molecule has 0 spiro atoms. The van der Waals surface area contributed by atoms with E-state index in [0.29, 0.717) is 12.1 Å². The first kappa shape index (κ1) is 21.5. The number of nitrogens with one attached hydrogen (secondary N) is 2. The van der Waals surface area contributed by atoms with Crippen LogP contribution in [-0.4, -0.2) is 63.6 Å². The van der Waals surface area contributed by atoms with Crippen LogP contribution >= 0.6 is 0 Å². The fraction of sp³-hybridized carbons (Fsp3) is 0.391. The molecule has 1 fully saturated rings. The van der Waals surface area contributed by atoms with E-state index in [2.05, 4.69) is 39.5 Å². The Kier molecular flexibility index (Phi) is 7.54. The topological polar surface area (TPSA) is 69.2 Å². The van der Waals surface area contributed by atoms with Crippen molar-refractivity contribution in [2.75, 3.05) is 51.8 Å². The van der Waals surface area contributed by atoms with Gasteiger partial charge in [0, 0.05) is 51.0 Å². The summed E-state index contributed by atoms with van der Waals surface area (Å²) in [6, 6.07) is 15.8. The monoisotopic (exact) mass is 409 g/mol. The Balaban J connectivity index is 1.63. The molecule has 160 valence electrons. The molecule has 0 atom stereocenters. The van der Waals surface area contributed by atoms with Crippen molar-refractivity contribution >= 4 is 17.6 Å². The number of nitrogens with zero attached hydrogens (tertiary/aromatic N) is 3. The third kappa shape index (κ3) is 5.43. The van der Waals surface area contributed by atoms with E-state index in [9.17, 15) is 4.79 Å². The zero-order valence-electron chi connectivity index (χ0n) is 18.0. The van der Waals surface area contributed by atoms with Gasteiger partial charge in [-0.3, -0.25) is 4.79 Å². The molecular weight excluding hydrogens is 378 g/mol. The van der Waals surface area contributed by atoms with Crippen LogP contribution in [0.15, 0.2) is 53.5 Å². The molecule has 7 heteroatoms. The molecule has 30 heavy (non-hydrogen) atoms. The molecule has 2 aromatic carbocycles. The Hall–Kier alpha value is -3.22. The zero-order valence-corrected chi connectivity index (χ0v) is 18.0. The Morgan fingerprint density at radius 1 is 1.10 bits per heavy atom. The molecule has 0 radical (unpaired) electrons. The predicted octanol–water partition coefficient (Wildman–Crippen LogP) is 2.34. The van der Waals surface area contributed by atoms with E-state index in [0.717, 1.165) is 50.0 Å². The average molecular weight is 410 g/mol. The number of aliphatic imine (C=N–C) groups is 1. The van der Waals surface area contributed by atoms with E-state index >= 15 is 0 Å². The fourth-order valence-electron chi connectivity index (χ4n) is 3.52. The van der Waals surface area contributed by atoms with Crippen molar-refractivity contribution in [1.29, 1.82) is 0 Å². The van der Waals surface area contributed by atoms with Gasteiger partial charge >= 0.3 is 0 Å². The lowest BCUT2D eigenvalue weighted by Crippen LogP contribution is -2.52. The van der Waals surface area contributed by atoms with Crippen molar-refractivity contribution < 1.29 is 9.53 Å². The number of carbonyl (C=O) groups is 1. The maximum atomic E-state index is 11.9. The number of methoxy groups -OCH3 is 1. The smallest absolute Gasteiger partial charge is 0.251 e. The summed E-state index contributed by atoms with van der Waals surface area (Å²) in [5.41, 5.74) is 2.88. The highest BCUT2D eigenvalue weighted by Crippen LogP contribution is 2.20. The number of hydrogen-bond acceptors (Lipinski definition) is 4. The van der Waals surface area contributed by atoms with Crippen LogP contribution in [0.25, 0.3) is 0 Å². The summed E-state index contributed by atoms with van der Waals surface area (Å²) in [5.74, 6) is 1.71. The first-order chi connectivity index (χ1) is 14.6. The summed E-state index contributed by atoms with van der Waals surface area (Å²) < 4.78 is 5.25. The van der Waals surface area contributed by atoms with Crippen molar-refractivity contribution in [2.45, 2.75) is 13.5 Å². The molecule has 3 rings (SSSR count). The Morgan fingerprint density at radius 2 is 1.83 bits per heavy atom. The molecule has 2 aromatic rings. The number of rotatable bonds is 6. The number of hydrogen-bond donors (Lipinski definition) is 2. The summed E-state index contributed by atoms with van der Waals surface area (Å²) in [7, 11) is 3.33. The second-order valence-electron chi connectivity index (χ2n) is 7.12. The van der Waals surface area contributed by atoms with Crippen LogP contribution in [0.3, 0.4) is 0 Å². The van der Waals surface area contributed by atoms with Crippen LogP contribution in [0.2, 0.25) is 0 Å². The van der Waals surface area contributed by atoms with E-state index in [1.807, 2.05) is 36.4 Å². The molecule has 0 bridgehead atoms. The van der Waals surface area contributed by atoms with Crippen LogP contribution in [-0.2, 0) is 6.54 Å². The van der Waals surface area contributed by atoms with E-state index < -0.39 is 0 Å². The Labute approximate surface area is 178 Å². The van der Waals surface area contributed by atoms with Crippen LogP contribution < -0.4 is 20.3 Å². The molecule has 0 aromatic heterocycles. The van der Waals surface area contributed by atoms with Crippen LogP contribution in [0.4, 0.5) is 5.69 Å². The lowest BCUT2D eigenvalue weighted by Gasteiger charge is -2.37. The number of guanidine groups is 1. The molecule has 2 N–H and O–H groups in total. The number of anilines is 1. The normalized spacial score (nSPS) is 14.4. The van der Waals surface area contributed by atoms with Gasteiger partial charge in [0.15, 0.2) is 5.96 Å². The minimum absolute atomic E-state index is 0.0811. The van der Waals surface area contributed by atoms with Gasteiger partial charge in [0.05, 0.1) is 13.7 Å². The molecule has 1 aliphatic heterocycles. The zero-order chi connectivity index (χ0) is 21.3. The van der Waals surface area contributed by atoms with Crippen molar-refractivity contribution in [3.05, 3.63) is 59.7 Å². The SMILES string of the molecule is CCNC(=NCc1cccc(C(=O)NC)c1)N1CCN(c2ccc(OC)cc2)CC1. The molecule has 0 unspecified atom stereocenters. The summed E-state index contributed by atoms with van der Waals surface area (Å²) in [6.45, 7) is 7.09.